The Morgan fingerprint density at radius 2 is 2.03 bits per heavy atom. The third-order valence-electron chi connectivity index (χ3n) is 5.53. The number of imidazole rings is 1. The first-order chi connectivity index (χ1) is 14.1. The van der Waals surface area contributed by atoms with Gasteiger partial charge in [-0.2, -0.15) is 0 Å². The molecule has 29 heavy (non-hydrogen) atoms. The molecular formula is C22H21N5O2. The highest BCUT2D eigenvalue weighted by atomic mass is 16.2. The maximum atomic E-state index is 13.0. The molecule has 146 valence electrons. The number of aryl methyl sites for hydroxylation is 1. The maximum Gasteiger partial charge on any atom is 0.268 e. The number of aromatic nitrogens is 3. The third kappa shape index (κ3) is 2.69. The third-order valence-corrected chi connectivity index (χ3v) is 5.53. The van der Waals surface area contributed by atoms with E-state index in [1.165, 1.54) is 0 Å². The van der Waals surface area contributed by atoms with Gasteiger partial charge in [0.15, 0.2) is 0 Å². The van der Waals surface area contributed by atoms with Crippen LogP contribution in [0.3, 0.4) is 0 Å². The fourth-order valence-corrected chi connectivity index (χ4v) is 4.10. The number of anilines is 1. The number of para-hydroxylation sites is 2. The Morgan fingerprint density at radius 3 is 2.86 bits per heavy atom. The van der Waals surface area contributed by atoms with Crippen molar-refractivity contribution in [3.05, 3.63) is 59.8 Å². The first-order valence-electron chi connectivity index (χ1n) is 9.76. The lowest BCUT2D eigenvalue weighted by molar-refractivity contribution is 0.0919. The maximum absolute atomic E-state index is 13.0. The Labute approximate surface area is 167 Å². The summed E-state index contributed by atoms with van der Waals surface area (Å²) in [5.74, 6) is 0.228. The SMILES string of the molecule is CCn1c(NC(=O)c2ccc3cc4n(c3c2)C(C)CNC4=O)nc2ccccc21. The van der Waals surface area contributed by atoms with Crippen LogP contribution in [0.4, 0.5) is 5.95 Å². The number of carbonyl (C=O) groups is 2. The molecule has 0 saturated carbocycles. The van der Waals surface area contributed by atoms with Crippen LogP contribution in [0.15, 0.2) is 48.5 Å². The van der Waals surface area contributed by atoms with E-state index in [9.17, 15) is 9.59 Å². The molecule has 2 aromatic carbocycles. The number of benzene rings is 2. The van der Waals surface area contributed by atoms with E-state index in [2.05, 4.69) is 22.5 Å². The summed E-state index contributed by atoms with van der Waals surface area (Å²) < 4.78 is 3.99. The van der Waals surface area contributed by atoms with Crippen LogP contribution in [0.1, 0.15) is 40.7 Å². The second-order valence-electron chi connectivity index (χ2n) is 7.35. The Morgan fingerprint density at radius 1 is 1.21 bits per heavy atom. The van der Waals surface area contributed by atoms with Gasteiger partial charge in [-0.05, 0) is 44.2 Å². The summed E-state index contributed by atoms with van der Waals surface area (Å²) in [6.07, 6.45) is 0. The summed E-state index contributed by atoms with van der Waals surface area (Å²) in [7, 11) is 0. The number of hydrogen-bond acceptors (Lipinski definition) is 3. The zero-order valence-electron chi connectivity index (χ0n) is 16.3. The molecule has 5 rings (SSSR count). The molecule has 4 aromatic rings. The van der Waals surface area contributed by atoms with Crippen molar-refractivity contribution < 1.29 is 9.59 Å². The van der Waals surface area contributed by atoms with Gasteiger partial charge < -0.3 is 14.5 Å². The number of amides is 2. The standard InChI is InChI=1S/C22H21N5O2/c1-3-26-17-7-5-4-6-16(17)24-22(26)25-20(28)15-9-8-14-10-19-21(29)23-12-13(2)27(19)18(14)11-15/h4-11,13H,3,12H2,1-2H3,(H,23,29)(H,24,25,28). The van der Waals surface area contributed by atoms with Crippen molar-refractivity contribution in [2.45, 2.75) is 26.4 Å². The zero-order chi connectivity index (χ0) is 20.1. The van der Waals surface area contributed by atoms with Gasteiger partial charge >= 0.3 is 0 Å². The number of rotatable bonds is 3. The van der Waals surface area contributed by atoms with Crippen LogP contribution in [0, 0.1) is 0 Å². The largest absolute Gasteiger partial charge is 0.349 e. The molecule has 1 unspecified atom stereocenters. The normalized spacial score (nSPS) is 16.1. The summed E-state index contributed by atoms with van der Waals surface area (Å²) in [5.41, 5.74) is 3.89. The molecule has 0 aliphatic carbocycles. The van der Waals surface area contributed by atoms with Crippen molar-refractivity contribution in [2.75, 3.05) is 11.9 Å². The highest BCUT2D eigenvalue weighted by molar-refractivity contribution is 6.07. The molecule has 1 aliphatic heterocycles. The lowest BCUT2D eigenvalue weighted by atomic mass is 10.1. The van der Waals surface area contributed by atoms with Gasteiger partial charge in [0.1, 0.15) is 5.69 Å². The summed E-state index contributed by atoms with van der Waals surface area (Å²) in [6, 6.07) is 15.3. The van der Waals surface area contributed by atoms with E-state index in [0.717, 1.165) is 21.9 Å². The monoisotopic (exact) mass is 387 g/mol. The van der Waals surface area contributed by atoms with Crippen LogP contribution in [0.25, 0.3) is 21.9 Å². The van der Waals surface area contributed by atoms with E-state index in [1.54, 1.807) is 6.07 Å². The summed E-state index contributed by atoms with van der Waals surface area (Å²) in [4.78, 5) is 29.7. The van der Waals surface area contributed by atoms with E-state index in [-0.39, 0.29) is 17.9 Å². The van der Waals surface area contributed by atoms with Crippen LogP contribution in [-0.2, 0) is 6.54 Å². The van der Waals surface area contributed by atoms with Gasteiger partial charge in [-0.3, -0.25) is 14.9 Å². The highest BCUT2D eigenvalue weighted by Gasteiger charge is 2.25. The predicted octanol–water partition coefficient (Wildman–Crippen LogP) is 3.57. The molecule has 0 fully saturated rings. The second-order valence-corrected chi connectivity index (χ2v) is 7.35. The minimum atomic E-state index is -0.222. The van der Waals surface area contributed by atoms with E-state index in [1.807, 2.05) is 58.5 Å². The topological polar surface area (TPSA) is 81.0 Å². The van der Waals surface area contributed by atoms with Crippen molar-refractivity contribution in [2.24, 2.45) is 0 Å². The average molecular weight is 387 g/mol. The molecule has 1 aliphatic rings. The van der Waals surface area contributed by atoms with Crippen molar-refractivity contribution >= 4 is 39.7 Å². The van der Waals surface area contributed by atoms with Gasteiger partial charge in [-0.15, -0.1) is 0 Å². The quantitative estimate of drug-likeness (QED) is 0.564. The Hall–Kier alpha value is -3.61. The molecule has 1 atom stereocenters. The van der Waals surface area contributed by atoms with Gasteiger partial charge in [0.25, 0.3) is 11.8 Å². The van der Waals surface area contributed by atoms with Crippen molar-refractivity contribution in [1.29, 1.82) is 0 Å². The van der Waals surface area contributed by atoms with E-state index >= 15 is 0 Å². The van der Waals surface area contributed by atoms with Crippen LogP contribution in [0.2, 0.25) is 0 Å². The van der Waals surface area contributed by atoms with Crippen LogP contribution < -0.4 is 10.6 Å². The molecule has 2 aromatic heterocycles. The van der Waals surface area contributed by atoms with E-state index in [0.29, 0.717) is 30.3 Å². The number of hydrogen-bond donors (Lipinski definition) is 2. The Kier molecular flexibility index (Phi) is 3.91. The Bertz CT molecular complexity index is 1280. The van der Waals surface area contributed by atoms with Crippen LogP contribution in [-0.4, -0.2) is 32.5 Å². The van der Waals surface area contributed by atoms with Gasteiger partial charge in [-0.25, -0.2) is 4.98 Å². The first-order valence-corrected chi connectivity index (χ1v) is 9.76. The predicted molar refractivity (Wildman–Crippen MR) is 112 cm³/mol. The fourth-order valence-electron chi connectivity index (χ4n) is 4.10. The number of nitrogens with one attached hydrogen (secondary N) is 2. The minimum absolute atomic E-state index is 0.0815. The fraction of sp³-hybridized carbons (Fsp3) is 0.227. The van der Waals surface area contributed by atoms with Gasteiger partial charge in [-0.1, -0.05) is 18.2 Å². The minimum Gasteiger partial charge on any atom is -0.349 e. The van der Waals surface area contributed by atoms with Crippen molar-refractivity contribution in [1.82, 2.24) is 19.4 Å². The van der Waals surface area contributed by atoms with Crippen molar-refractivity contribution in [3.8, 4) is 0 Å². The molecular weight excluding hydrogens is 366 g/mol. The molecule has 3 heterocycles. The smallest absolute Gasteiger partial charge is 0.268 e. The number of carbonyl (C=O) groups excluding carboxylic acids is 2. The Balaban J connectivity index is 1.54. The lowest BCUT2D eigenvalue weighted by Gasteiger charge is -2.24. The molecule has 2 N–H and O–H groups in total. The molecule has 0 saturated heterocycles. The molecule has 7 nitrogen and oxygen atoms in total. The second kappa shape index (κ2) is 6.48. The summed E-state index contributed by atoms with van der Waals surface area (Å²) in [5, 5.41) is 6.79. The van der Waals surface area contributed by atoms with Gasteiger partial charge in [0, 0.05) is 35.6 Å². The molecule has 0 bridgehead atoms. The molecule has 2 amide bonds. The highest BCUT2D eigenvalue weighted by Crippen LogP contribution is 2.28. The first kappa shape index (κ1) is 17.5. The zero-order valence-corrected chi connectivity index (χ0v) is 16.3. The van der Waals surface area contributed by atoms with E-state index in [4.69, 9.17) is 0 Å². The molecule has 7 heteroatoms. The summed E-state index contributed by atoms with van der Waals surface area (Å²) >= 11 is 0. The molecule has 0 radical (unpaired) electrons. The lowest BCUT2D eigenvalue weighted by Crippen LogP contribution is -2.37. The number of fused-ring (bicyclic) bond motifs is 4. The van der Waals surface area contributed by atoms with Crippen molar-refractivity contribution in [3.63, 3.8) is 0 Å². The number of nitrogens with zero attached hydrogens (tertiary/aromatic N) is 3. The van der Waals surface area contributed by atoms with Gasteiger partial charge in [0.2, 0.25) is 5.95 Å². The summed E-state index contributed by atoms with van der Waals surface area (Å²) in [6.45, 7) is 5.36. The van der Waals surface area contributed by atoms with Gasteiger partial charge in [0.05, 0.1) is 11.0 Å². The van der Waals surface area contributed by atoms with E-state index < -0.39 is 0 Å². The molecule has 0 spiro atoms. The average Bonchev–Trinajstić information content (AvgIpc) is 3.28. The van der Waals surface area contributed by atoms with Crippen LogP contribution in [0.5, 0.6) is 0 Å². The van der Waals surface area contributed by atoms with Crippen LogP contribution >= 0.6 is 0 Å².